The van der Waals surface area contributed by atoms with Crippen LogP contribution in [-0.4, -0.2) is 62.0 Å². The summed E-state index contributed by atoms with van der Waals surface area (Å²) in [5.41, 5.74) is -0.101. The summed E-state index contributed by atoms with van der Waals surface area (Å²) in [6.07, 6.45) is 0.845. The quantitative estimate of drug-likeness (QED) is 0.352. The normalized spacial score (nSPS) is 12.1. The monoisotopic (exact) mass is 524 g/mol. The molecular formula is C23H29FN4O7S. The van der Waals surface area contributed by atoms with Gasteiger partial charge in [0.2, 0.25) is 21.8 Å². The molecule has 2 aromatic rings. The Morgan fingerprint density at radius 1 is 1.14 bits per heavy atom. The van der Waals surface area contributed by atoms with E-state index in [0.717, 1.165) is 23.3 Å². The number of nitro groups is 1. The Morgan fingerprint density at radius 3 is 2.25 bits per heavy atom. The highest BCUT2D eigenvalue weighted by molar-refractivity contribution is 7.92. The van der Waals surface area contributed by atoms with Crippen LogP contribution in [0.4, 0.5) is 15.8 Å². The van der Waals surface area contributed by atoms with E-state index in [2.05, 4.69) is 5.32 Å². The number of sulfonamides is 1. The van der Waals surface area contributed by atoms with E-state index in [9.17, 15) is 32.5 Å². The van der Waals surface area contributed by atoms with Crippen molar-refractivity contribution in [3.8, 4) is 5.75 Å². The molecule has 2 rings (SSSR count). The average Bonchev–Trinajstić information content (AvgIpc) is 2.79. The molecular weight excluding hydrogens is 495 g/mol. The lowest BCUT2D eigenvalue weighted by Gasteiger charge is -2.32. The third kappa shape index (κ3) is 7.38. The maximum Gasteiger partial charge on any atom is 0.271 e. The third-order valence-electron chi connectivity index (χ3n) is 5.19. The third-order valence-corrected chi connectivity index (χ3v) is 6.31. The van der Waals surface area contributed by atoms with Gasteiger partial charge in [0.25, 0.3) is 5.69 Å². The van der Waals surface area contributed by atoms with Crippen LogP contribution in [0.25, 0.3) is 0 Å². The number of halogens is 1. The standard InChI is InChI=1S/C23H29FN4O7S/c1-15(2)25-23(30)16(3)26(13-17-6-8-18(24)9-7-17)22(29)14-27(36(5,33)34)20-12-19(28(31)32)10-11-21(20)35-4/h6-12,15-16H,13-14H2,1-5H3,(H,25,30)/t16-/m1/s1. The molecule has 0 saturated heterocycles. The van der Waals surface area contributed by atoms with Crippen molar-refractivity contribution in [3.63, 3.8) is 0 Å². The summed E-state index contributed by atoms with van der Waals surface area (Å²) in [5, 5.41) is 14.0. The lowest BCUT2D eigenvalue weighted by molar-refractivity contribution is -0.384. The first kappa shape index (κ1) is 28.5. The van der Waals surface area contributed by atoms with Gasteiger partial charge in [-0.2, -0.15) is 0 Å². The minimum Gasteiger partial charge on any atom is -0.495 e. The van der Waals surface area contributed by atoms with Crippen LogP contribution in [0.1, 0.15) is 26.3 Å². The van der Waals surface area contributed by atoms with Crippen LogP contribution in [0.15, 0.2) is 42.5 Å². The SMILES string of the molecule is COc1ccc([N+](=O)[O-])cc1N(CC(=O)N(Cc1ccc(F)cc1)[C@H](C)C(=O)NC(C)C)S(C)(=O)=O. The molecule has 0 heterocycles. The summed E-state index contributed by atoms with van der Waals surface area (Å²) in [5.74, 6) is -1.72. The molecule has 0 radical (unpaired) electrons. The molecule has 1 N–H and O–H groups in total. The fourth-order valence-electron chi connectivity index (χ4n) is 3.36. The molecule has 0 aliphatic rings. The molecule has 2 aromatic carbocycles. The molecule has 11 nitrogen and oxygen atoms in total. The van der Waals surface area contributed by atoms with Crippen molar-refractivity contribution in [2.75, 3.05) is 24.2 Å². The number of carbonyl (C=O) groups excluding carboxylic acids is 2. The highest BCUT2D eigenvalue weighted by atomic mass is 32.2. The van der Waals surface area contributed by atoms with E-state index in [1.807, 2.05) is 0 Å². The summed E-state index contributed by atoms with van der Waals surface area (Å²) in [7, 11) is -2.88. The minimum atomic E-state index is -4.13. The van der Waals surface area contributed by atoms with E-state index in [1.165, 1.54) is 44.4 Å². The number of anilines is 1. The number of nitro benzene ring substituents is 1. The van der Waals surface area contributed by atoms with Crippen LogP contribution in [0.5, 0.6) is 5.75 Å². The summed E-state index contributed by atoms with van der Waals surface area (Å²) in [6, 6.07) is 7.42. The van der Waals surface area contributed by atoms with Crippen molar-refractivity contribution < 1.29 is 32.1 Å². The number of nitrogens with zero attached hydrogens (tertiary/aromatic N) is 3. The molecule has 13 heteroatoms. The summed E-state index contributed by atoms with van der Waals surface area (Å²) in [4.78, 5) is 38.0. The number of hydrogen-bond donors (Lipinski definition) is 1. The first-order chi connectivity index (χ1) is 16.7. The number of hydrogen-bond acceptors (Lipinski definition) is 7. The number of amides is 2. The fourth-order valence-corrected chi connectivity index (χ4v) is 4.20. The van der Waals surface area contributed by atoms with Gasteiger partial charge in [-0.25, -0.2) is 12.8 Å². The van der Waals surface area contributed by atoms with Gasteiger partial charge in [0.05, 0.1) is 18.3 Å². The zero-order chi connectivity index (χ0) is 27.2. The Balaban J connectivity index is 2.51. The lowest BCUT2D eigenvalue weighted by atomic mass is 10.1. The summed E-state index contributed by atoms with van der Waals surface area (Å²) >= 11 is 0. The Morgan fingerprint density at radius 2 is 1.75 bits per heavy atom. The van der Waals surface area contributed by atoms with Crippen LogP contribution in [-0.2, 0) is 26.2 Å². The maximum absolute atomic E-state index is 13.5. The number of carbonyl (C=O) groups is 2. The molecule has 0 unspecified atom stereocenters. The first-order valence-electron chi connectivity index (χ1n) is 10.9. The van der Waals surface area contributed by atoms with Crippen molar-refractivity contribution in [3.05, 3.63) is 64.0 Å². The molecule has 2 amide bonds. The number of methoxy groups -OCH3 is 1. The molecule has 0 aliphatic carbocycles. The van der Waals surface area contributed by atoms with Gasteiger partial charge in [-0.1, -0.05) is 12.1 Å². The van der Waals surface area contributed by atoms with Gasteiger partial charge >= 0.3 is 0 Å². The average molecular weight is 525 g/mol. The second kappa shape index (κ2) is 11.8. The zero-order valence-corrected chi connectivity index (χ0v) is 21.4. The van der Waals surface area contributed by atoms with Crippen LogP contribution < -0.4 is 14.4 Å². The predicted octanol–water partition coefficient (Wildman–Crippen LogP) is 2.45. The molecule has 0 spiro atoms. The van der Waals surface area contributed by atoms with Crippen molar-refractivity contribution in [2.45, 2.75) is 39.4 Å². The molecule has 0 bridgehead atoms. The van der Waals surface area contributed by atoms with Gasteiger partial charge in [-0.15, -0.1) is 0 Å². The minimum absolute atomic E-state index is 0.00508. The number of nitrogens with one attached hydrogen (secondary N) is 1. The second-order valence-electron chi connectivity index (χ2n) is 8.37. The van der Waals surface area contributed by atoms with Gasteiger partial charge in [0.15, 0.2) is 0 Å². The molecule has 0 saturated carbocycles. The van der Waals surface area contributed by atoms with E-state index in [4.69, 9.17) is 4.74 Å². The highest BCUT2D eigenvalue weighted by Crippen LogP contribution is 2.33. The Bertz CT molecular complexity index is 1220. The molecule has 0 aliphatic heterocycles. The smallest absolute Gasteiger partial charge is 0.271 e. The molecule has 196 valence electrons. The van der Waals surface area contributed by atoms with Crippen LogP contribution in [0.3, 0.4) is 0 Å². The van der Waals surface area contributed by atoms with E-state index >= 15 is 0 Å². The van der Waals surface area contributed by atoms with Crippen LogP contribution in [0.2, 0.25) is 0 Å². The summed E-state index contributed by atoms with van der Waals surface area (Å²) < 4.78 is 44.6. The summed E-state index contributed by atoms with van der Waals surface area (Å²) in [6.45, 7) is 4.09. The second-order valence-corrected chi connectivity index (χ2v) is 10.3. The predicted molar refractivity (Wildman–Crippen MR) is 132 cm³/mol. The Kier molecular flexibility index (Phi) is 9.34. The van der Waals surface area contributed by atoms with Gasteiger partial charge in [0, 0.05) is 24.7 Å². The highest BCUT2D eigenvalue weighted by Gasteiger charge is 2.32. The molecule has 1 atom stereocenters. The number of rotatable bonds is 11. The van der Waals surface area contributed by atoms with E-state index in [-0.39, 0.29) is 24.0 Å². The Hall–Kier alpha value is -3.74. The van der Waals surface area contributed by atoms with E-state index in [1.54, 1.807) is 13.8 Å². The maximum atomic E-state index is 13.5. The van der Waals surface area contributed by atoms with Gasteiger partial charge in [-0.3, -0.25) is 24.0 Å². The van der Waals surface area contributed by atoms with Gasteiger partial charge in [-0.05, 0) is 44.5 Å². The van der Waals surface area contributed by atoms with Crippen molar-refractivity contribution >= 4 is 33.2 Å². The first-order valence-corrected chi connectivity index (χ1v) is 12.7. The van der Waals surface area contributed by atoms with E-state index < -0.39 is 50.9 Å². The zero-order valence-electron chi connectivity index (χ0n) is 20.6. The molecule has 0 fully saturated rings. The molecule has 0 aromatic heterocycles. The number of non-ortho nitro benzene ring substituents is 1. The van der Waals surface area contributed by atoms with Crippen molar-refractivity contribution in [2.24, 2.45) is 0 Å². The van der Waals surface area contributed by atoms with Gasteiger partial charge < -0.3 is 15.0 Å². The molecule has 36 heavy (non-hydrogen) atoms. The van der Waals surface area contributed by atoms with Gasteiger partial charge in [0.1, 0.15) is 29.8 Å². The lowest BCUT2D eigenvalue weighted by Crippen LogP contribution is -2.52. The number of ether oxygens (including phenoxy) is 1. The fraction of sp³-hybridized carbons (Fsp3) is 0.391. The van der Waals surface area contributed by atoms with E-state index in [0.29, 0.717) is 9.87 Å². The Labute approximate surface area is 209 Å². The van der Waals surface area contributed by atoms with Crippen molar-refractivity contribution in [1.29, 1.82) is 0 Å². The van der Waals surface area contributed by atoms with Crippen LogP contribution in [0, 0.1) is 15.9 Å². The van der Waals surface area contributed by atoms with Crippen LogP contribution >= 0.6 is 0 Å². The number of benzene rings is 2. The topological polar surface area (TPSA) is 139 Å². The largest absolute Gasteiger partial charge is 0.495 e. The van der Waals surface area contributed by atoms with Crippen molar-refractivity contribution in [1.82, 2.24) is 10.2 Å².